The summed E-state index contributed by atoms with van der Waals surface area (Å²) < 4.78 is 15.6. The molecule has 10 heteroatoms. The second-order valence-electron chi connectivity index (χ2n) is 6.64. The average molecular weight is 476 g/mol. The highest BCUT2D eigenvalue weighted by Gasteiger charge is 2.24. The fraction of sp³-hybridized carbons (Fsp3) is 0.273. The highest BCUT2D eigenvalue weighted by atomic mass is 35.5. The van der Waals surface area contributed by atoms with Crippen LogP contribution >= 0.6 is 23.4 Å². The van der Waals surface area contributed by atoms with Gasteiger partial charge in [-0.3, -0.25) is 4.79 Å². The molecule has 168 valence electrons. The molecule has 0 spiro atoms. The standard InChI is InChI=1S/C22H22ClN3O5S/c1-29-15-9-7-14(8-10-15)20-25-19(31-26-20)13-30-22(28)18(11-12-32-2)24-21(27)16-5-3-4-6-17(16)23/h3-10,18H,11-13H2,1-2H3,(H,24,27). The molecule has 1 unspecified atom stereocenters. The number of amides is 1. The molecule has 0 bridgehead atoms. The Kier molecular flexibility index (Phi) is 8.52. The van der Waals surface area contributed by atoms with E-state index in [2.05, 4.69) is 15.5 Å². The van der Waals surface area contributed by atoms with Gasteiger partial charge in [0.25, 0.3) is 11.8 Å². The van der Waals surface area contributed by atoms with Crippen LogP contribution in [0.3, 0.4) is 0 Å². The number of aromatic nitrogens is 2. The molecule has 2 aromatic carbocycles. The number of nitrogens with zero attached hydrogens (tertiary/aromatic N) is 2. The lowest BCUT2D eigenvalue weighted by molar-refractivity contribution is -0.148. The lowest BCUT2D eigenvalue weighted by Gasteiger charge is -2.17. The monoisotopic (exact) mass is 475 g/mol. The summed E-state index contributed by atoms with van der Waals surface area (Å²) in [5.41, 5.74) is 1.02. The first-order valence-electron chi connectivity index (χ1n) is 9.69. The predicted octanol–water partition coefficient (Wildman–Crippen LogP) is 3.99. The number of nitrogens with one attached hydrogen (secondary N) is 1. The van der Waals surface area contributed by atoms with E-state index in [1.54, 1.807) is 67.4 Å². The molecular formula is C22H22ClN3O5S. The third kappa shape index (κ3) is 6.24. The molecule has 0 aliphatic carbocycles. The van der Waals surface area contributed by atoms with Crippen molar-refractivity contribution >= 4 is 35.2 Å². The SMILES string of the molecule is COc1ccc(-c2noc(COC(=O)C(CCSC)NC(=O)c3ccccc3Cl)n2)cc1. The van der Waals surface area contributed by atoms with E-state index in [1.165, 1.54) is 0 Å². The fourth-order valence-corrected chi connectivity index (χ4v) is 3.46. The summed E-state index contributed by atoms with van der Waals surface area (Å²) in [6.07, 6.45) is 2.31. The summed E-state index contributed by atoms with van der Waals surface area (Å²) in [4.78, 5) is 29.4. The Balaban J connectivity index is 1.62. The molecule has 0 saturated heterocycles. The van der Waals surface area contributed by atoms with Crippen LogP contribution < -0.4 is 10.1 Å². The van der Waals surface area contributed by atoms with Gasteiger partial charge in [-0.25, -0.2) is 4.79 Å². The van der Waals surface area contributed by atoms with Crippen molar-refractivity contribution < 1.29 is 23.6 Å². The third-order valence-electron chi connectivity index (χ3n) is 4.47. The summed E-state index contributed by atoms with van der Waals surface area (Å²) in [6.45, 7) is -0.209. The summed E-state index contributed by atoms with van der Waals surface area (Å²) in [5, 5.41) is 6.91. The van der Waals surface area contributed by atoms with Crippen LogP contribution in [0, 0.1) is 0 Å². The Hall–Kier alpha value is -3.04. The zero-order valence-corrected chi connectivity index (χ0v) is 19.1. The molecule has 1 N–H and O–H groups in total. The van der Waals surface area contributed by atoms with Gasteiger partial charge < -0.3 is 19.3 Å². The third-order valence-corrected chi connectivity index (χ3v) is 5.45. The Bertz CT molecular complexity index is 1060. The van der Waals surface area contributed by atoms with E-state index >= 15 is 0 Å². The fourth-order valence-electron chi connectivity index (χ4n) is 2.77. The maximum atomic E-state index is 12.6. The molecule has 1 atom stereocenters. The van der Waals surface area contributed by atoms with Gasteiger partial charge >= 0.3 is 5.97 Å². The summed E-state index contributed by atoms with van der Waals surface area (Å²) in [5.74, 6) is 0.836. The molecule has 0 fully saturated rings. The number of hydrogen-bond acceptors (Lipinski definition) is 8. The highest BCUT2D eigenvalue weighted by molar-refractivity contribution is 7.98. The van der Waals surface area contributed by atoms with Crippen LogP contribution in [0.2, 0.25) is 5.02 Å². The van der Waals surface area contributed by atoms with Crippen molar-refractivity contribution in [3.63, 3.8) is 0 Å². The summed E-state index contributed by atoms with van der Waals surface area (Å²) in [7, 11) is 1.58. The first-order chi connectivity index (χ1) is 15.5. The maximum Gasteiger partial charge on any atom is 0.329 e. The number of thioether (sulfide) groups is 1. The first-order valence-corrected chi connectivity index (χ1v) is 11.5. The van der Waals surface area contributed by atoms with Gasteiger partial charge in [-0.2, -0.15) is 16.7 Å². The second-order valence-corrected chi connectivity index (χ2v) is 8.03. The van der Waals surface area contributed by atoms with E-state index in [1.807, 2.05) is 6.26 Å². The van der Waals surface area contributed by atoms with Crippen LogP contribution in [0.15, 0.2) is 53.1 Å². The molecule has 0 aliphatic rings. The quantitative estimate of drug-likeness (QED) is 0.439. The molecule has 1 aromatic heterocycles. The van der Waals surface area contributed by atoms with Crippen molar-refractivity contribution in [2.45, 2.75) is 19.1 Å². The minimum atomic E-state index is -0.838. The molecule has 0 radical (unpaired) electrons. The van der Waals surface area contributed by atoms with Crippen molar-refractivity contribution in [3.8, 4) is 17.1 Å². The Morgan fingerprint density at radius 1 is 1.19 bits per heavy atom. The molecule has 3 aromatic rings. The lowest BCUT2D eigenvalue weighted by Crippen LogP contribution is -2.42. The van der Waals surface area contributed by atoms with Crippen molar-refractivity contribution in [2.75, 3.05) is 19.1 Å². The Morgan fingerprint density at radius 3 is 2.62 bits per heavy atom. The van der Waals surface area contributed by atoms with Crippen molar-refractivity contribution in [3.05, 3.63) is 65.0 Å². The normalized spacial score (nSPS) is 11.6. The van der Waals surface area contributed by atoms with Gasteiger partial charge in [0.2, 0.25) is 5.82 Å². The number of carbonyl (C=O) groups is 2. The van der Waals surface area contributed by atoms with Crippen LogP contribution in [0.1, 0.15) is 22.7 Å². The van der Waals surface area contributed by atoms with Gasteiger partial charge in [0.15, 0.2) is 6.61 Å². The minimum Gasteiger partial charge on any atom is -0.497 e. The molecule has 8 nitrogen and oxygen atoms in total. The van der Waals surface area contributed by atoms with Crippen molar-refractivity contribution in [2.24, 2.45) is 0 Å². The smallest absolute Gasteiger partial charge is 0.329 e. The lowest BCUT2D eigenvalue weighted by atomic mass is 10.1. The van der Waals surface area contributed by atoms with Gasteiger partial charge in [-0.1, -0.05) is 28.9 Å². The zero-order valence-electron chi connectivity index (χ0n) is 17.5. The molecule has 1 heterocycles. The number of hydrogen-bond donors (Lipinski definition) is 1. The van der Waals surface area contributed by atoms with E-state index in [-0.39, 0.29) is 18.1 Å². The Labute approximate surface area is 194 Å². The first kappa shape index (κ1) is 23.6. The second kappa shape index (κ2) is 11.5. The molecule has 3 rings (SSSR count). The largest absolute Gasteiger partial charge is 0.497 e. The van der Waals surface area contributed by atoms with Crippen LogP contribution in [0.4, 0.5) is 0 Å². The van der Waals surface area contributed by atoms with Crippen molar-refractivity contribution in [1.29, 1.82) is 0 Å². The Morgan fingerprint density at radius 2 is 1.94 bits per heavy atom. The van der Waals surface area contributed by atoms with Gasteiger partial charge in [0.1, 0.15) is 11.8 Å². The van der Waals surface area contributed by atoms with E-state index in [9.17, 15) is 9.59 Å². The van der Waals surface area contributed by atoms with Gasteiger partial charge in [-0.05, 0) is 54.8 Å². The van der Waals surface area contributed by atoms with E-state index in [0.29, 0.717) is 28.8 Å². The minimum absolute atomic E-state index is 0.144. The number of carbonyl (C=O) groups excluding carboxylic acids is 2. The molecule has 1 amide bonds. The average Bonchev–Trinajstić information content (AvgIpc) is 3.29. The van der Waals surface area contributed by atoms with E-state index < -0.39 is 17.9 Å². The maximum absolute atomic E-state index is 12.6. The van der Waals surface area contributed by atoms with Gasteiger partial charge in [0, 0.05) is 5.56 Å². The van der Waals surface area contributed by atoms with Gasteiger partial charge in [0.05, 0.1) is 17.7 Å². The summed E-state index contributed by atoms with van der Waals surface area (Å²) in [6, 6.07) is 12.9. The van der Waals surface area contributed by atoms with Crippen molar-refractivity contribution in [1.82, 2.24) is 15.5 Å². The van der Waals surface area contributed by atoms with E-state index in [0.717, 1.165) is 5.56 Å². The summed E-state index contributed by atoms with van der Waals surface area (Å²) >= 11 is 7.64. The topological polar surface area (TPSA) is 104 Å². The molecule has 0 aliphatic heterocycles. The van der Waals surface area contributed by atoms with Crippen LogP contribution in [-0.2, 0) is 16.1 Å². The number of methoxy groups -OCH3 is 1. The molecule has 32 heavy (non-hydrogen) atoms. The predicted molar refractivity (Wildman–Crippen MR) is 122 cm³/mol. The number of rotatable bonds is 10. The molecule has 0 saturated carbocycles. The zero-order chi connectivity index (χ0) is 22.9. The van der Waals surface area contributed by atoms with Gasteiger partial charge in [-0.15, -0.1) is 0 Å². The van der Waals surface area contributed by atoms with Crippen LogP contribution in [-0.4, -0.2) is 47.2 Å². The number of benzene rings is 2. The number of halogens is 1. The molecular weight excluding hydrogens is 454 g/mol. The highest BCUT2D eigenvalue weighted by Crippen LogP contribution is 2.20. The van der Waals surface area contributed by atoms with Crippen LogP contribution in [0.5, 0.6) is 5.75 Å². The number of esters is 1. The number of ether oxygens (including phenoxy) is 2. The van der Waals surface area contributed by atoms with E-state index in [4.69, 9.17) is 25.6 Å². The van der Waals surface area contributed by atoms with Crippen LogP contribution in [0.25, 0.3) is 11.4 Å².